The van der Waals surface area contributed by atoms with Gasteiger partial charge in [0, 0.05) is 42.1 Å². The predicted octanol–water partition coefficient (Wildman–Crippen LogP) is 1.01. The van der Waals surface area contributed by atoms with E-state index in [-0.39, 0.29) is 11.8 Å². The average molecular weight is 375 g/mol. The molecule has 2 N–H and O–H groups in total. The van der Waals surface area contributed by atoms with E-state index in [1.54, 1.807) is 24.8 Å². The summed E-state index contributed by atoms with van der Waals surface area (Å²) in [6.45, 7) is 0. The summed E-state index contributed by atoms with van der Waals surface area (Å²) < 4.78 is 0.841. The molecular weight excluding hydrogens is 360 g/mol. The van der Waals surface area contributed by atoms with Crippen molar-refractivity contribution in [3.8, 4) is 0 Å². The lowest BCUT2D eigenvalue weighted by Crippen LogP contribution is -2.62. The first-order valence-corrected chi connectivity index (χ1v) is 8.00. The molecule has 0 saturated carbocycles. The van der Waals surface area contributed by atoms with Gasteiger partial charge in [-0.1, -0.05) is 0 Å². The number of rotatable bonds is 4. The Morgan fingerprint density at radius 1 is 0.913 bits per heavy atom. The lowest BCUT2D eigenvalue weighted by molar-refractivity contribution is -0.136. The number of hydrogen-bond acceptors (Lipinski definition) is 4. The second-order valence-corrected chi connectivity index (χ2v) is 6.31. The van der Waals surface area contributed by atoms with Crippen LogP contribution >= 0.6 is 15.9 Å². The fourth-order valence-electron chi connectivity index (χ4n) is 2.52. The molecule has 6 nitrogen and oxygen atoms in total. The van der Waals surface area contributed by atoms with E-state index in [0.29, 0.717) is 12.8 Å². The van der Waals surface area contributed by atoms with Crippen molar-refractivity contribution in [3.05, 3.63) is 58.6 Å². The Labute approximate surface area is 141 Å². The summed E-state index contributed by atoms with van der Waals surface area (Å²) in [6, 6.07) is 4.42. The molecule has 1 aliphatic heterocycles. The Kier molecular flexibility index (Phi) is 4.66. The molecule has 2 aromatic heterocycles. The molecule has 1 saturated heterocycles. The lowest BCUT2D eigenvalue weighted by Gasteiger charge is -2.29. The first-order chi connectivity index (χ1) is 11.1. The van der Waals surface area contributed by atoms with E-state index in [9.17, 15) is 9.59 Å². The Hall–Kier alpha value is -2.28. The molecule has 2 atom stereocenters. The molecule has 1 aliphatic rings. The minimum absolute atomic E-state index is 0.172. The van der Waals surface area contributed by atoms with Gasteiger partial charge in [0.1, 0.15) is 12.1 Å². The van der Waals surface area contributed by atoms with Crippen molar-refractivity contribution in [1.82, 2.24) is 20.6 Å². The van der Waals surface area contributed by atoms with Crippen LogP contribution in [-0.4, -0.2) is 33.9 Å². The molecule has 3 rings (SSSR count). The number of pyridine rings is 2. The molecule has 2 unspecified atom stereocenters. The van der Waals surface area contributed by atoms with Gasteiger partial charge in [0.2, 0.25) is 11.8 Å². The largest absolute Gasteiger partial charge is 0.342 e. The van der Waals surface area contributed by atoms with Gasteiger partial charge in [-0.2, -0.15) is 0 Å². The fourth-order valence-corrected chi connectivity index (χ4v) is 2.93. The first-order valence-electron chi connectivity index (χ1n) is 7.21. The molecule has 2 aromatic rings. The van der Waals surface area contributed by atoms with E-state index in [0.717, 1.165) is 15.6 Å². The van der Waals surface area contributed by atoms with Gasteiger partial charge in [0.05, 0.1) is 0 Å². The molecule has 0 aromatic carbocycles. The fraction of sp³-hybridized carbons (Fsp3) is 0.250. The predicted molar refractivity (Wildman–Crippen MR) is 87.4 cm³/mol. The SMILES string of the molecule is O=C1NC(Cc2cncc(Br)c2)C(=O)NC1Cc1ccncc1. The summed E-state index contributed by atoms with van der Waals surface area (Å²) in [5.41, 5.74) is 1.84. The third-order valence-electron chi connectivity index (χ3n) is 3.66. The topological polar surface area (TPSA) is 84.0 Å². The number of amides is 2. The van der Waals surface area contributed by atoms with Crippen LogP contribution in [0.2, 0.25) is 0 Å². The maximum absolute atomic E-state index is 12.3. The van der Waals surface area contributed by atoms with Gasteiger partial charge in [0.15, 0.2) is 0 Å². The van der Waals surface area contributed by atoms with Gasteiger partial charge in [-0.3, -0.25) is 19.6 Å². The minimum Gasteiger partial charge on any atom is -0.342 e. The highest BCUT2D eigenvalue weighted by atomic mass is 79.9. The smallest absolute Gasteiger partial charge is 0.243 e. The number of halogens is 1. The van der Waals surface area contributed by atoms with Crippen LogP contribution in [0.5, 0.6) is 0 Å². The van der Waals surface area contributed by atoms with Gasteiger partial charge < -0.3 is 10.6 Å². The van der Waals surface area contributed by atoms with Gasteiger partial charge in [-0.15, -0.1) is 0 Å². The second-order valence-electron chi connectivity index (χ2n) is 5.40. The van der Waals surface area contributed by atoms with Gasteiger partial charge in [0.25, 0.3) is 0 Å². The zero-order valence-corrected chi connectivity index (χ0v) is 13.8. The molecule has 0 bridgehead atoms. The van der Waals surface area contributed by atoms with E-state index < -0.39 is 12.1 Å². The molecule has 0 aliphatic carbocycles. The van der Waals surface area contributed by atoms with Crippen LogP contribution < -0.4 is 10.6 Å². The number of hydrogen-bond donors (Lipinski definition) is 2. The molecule has 0 spiro atoms. The zero-order chi connectivity index (χ0) is 16.2. The summed E-state index contributed by atoms with van der Waals surface area (Å²) in [5, 5.41) is 5.59. The summed E-state index contributed by atoms with van der Waals surface area (Å²) in [4.78, 5) is 32.5. The average Bonchev–Trinajstić information content (AvgIpc) is 2.53. The van der Waals surface area contributed by atoms with Crippen LogP contribution in [0.15, 0.2) is 47.5 Å². The number of piperazine rings is 1. The summed E-state index contributed by atoms with van der Waals surface area (Å²) in [5.74, 6) is -0.349. The third kappa shape index (κ3) is 3.92. The van der Waals surface area contributed by atoms with Crippen molar-refractivity contribution in [3.63, 3.8) is 0 Å². The molecule has 3 heterocycles. The van der Waals surface area contributed by atoms with E-state index >= 15 is 0 Å². The van der Waals surface area contributed by atoms with Crippen molar-refractivity contribution < 1.29 is 9.59 Å². The maximum Gasteiger partial charge on any atom is 0.243 e. The van der Waals surface area contributed by atoms with Crippen molar-refractivity contribution >= 4 is 27.7 Å². The molecule has 7 heteroatoms. The Balaban J connectivity index is 1.65. The van der Waals surface area contributed by atoms with Crippen molar-refractivity contribution in [1.29, 1.82) is 0 Å². The number of nitrogens with zero attached hydrogens (tertiary/aromatic N) is 2. The highest BCUT2D eigenvalue weighted by Crippen LogP contribution is 2.13. The van der Waals surface area contributed by atoms with Gasteiger partial charge in [-0.05, 0) is 45.3 Å². The van der Waals surface area contributed by atoms with Gasteiger partial charge >= 0.3 is 0 Å². The van der Waals surface area contributed by atoms with E-state index in [4.69, 9.17) is 0 Å². The number of carbonyl (C=O) groups is 2. The molecule has 23 heavy (non-hydrogen) atoms. The molecule has 1 fully saturated rings. The second kappa shape index (κ2) is 6.87. The molecular formula is C16H15BrN4O2. The summed E-state index contributed by atoms with van der Waals surface area (Å²) >= 11 is 3.35. The standard InChI is InChI=1S/C16H15BrN4O2/c17-12-5-11(8-19-9-12)7-14-16(23)20-13(15(22)21-14)6-10-1-3-18-4-2-10/h1-5,8-9,13-14H,6-7H2,(H,20,23)(H,21,22). The van der Waals surface area contributed by atoms with Crippen molar-refractivity contribution in [2.75, 3.05) is 0 Å². The monoisotopic (exact) mass is 374 g/mol. The van der Waals surface area contributed by atoms with Crippen LogP contribution in [0.3, 0.4) is 0 Å². The van der Waals surface area contributed by atoms with Crippen LogP contribution in [0.25, 0.3) is 0 Å². The summed E-state index contributed by atoms with van der Waals surface area (Å²) in [6.07, 6.45) is 7.56. The Morgan fingerprint density at radius 3 is 2.13 bits per heavy atom. The maximum atomic E-state index is 12.3. The van der Waals surface area contributed by atoms with Crippen LogP contribution in [0.4, 0.5) is 0 Å². The first kappa shape index (κ1) is 15.6. The quantitative estimate of drug-likeness (QED) is 0.836. The number of carbonyl (C=O) groups excluding carboxylic acids is 2. The van der Waals surface area contributed by atoms with Gasteiger partial charge in [-0.25, -0.2) is 0 Å². The molecule has 2 amide bonds. The van der Waals surface area contributed by atoms with Crippen molar-refractivity contribution in [2.24, 2.45) is 0 Å². The Bertz CT molecular complexity index is 723. The van der Waals surface area contributed by atoms with Crippen LogP contribution in [0, 0.1) is 0 Å². The Morgan fingerprint density at radius 2 is 1.52 bits per heavy atom. The van der Waals surface area contributed by atoms with Crippen LogP contribution in [0.1, 0.15) is 11.1 Å². The zero-order valence-electron chi connectivity index (χ0n) is 12.2. The van der Waals surface area contributed by atoms with E-state index in [1.807, 2.05) is 18.2 Å². The van der Waals surface area contributed by atoms with Crippen molar-refractivity contribution in [2.45, 2.75) is 24.9 Å². The number of aromatic nitrogens is 2. The lowest BCUT2D eigenvalue weighted by atomic mass is 10.00. The normalized spacial score (nSPS) is 20.7. The number of nitrogens with one attached hydrogen (secondary N) is 2. The van der Waals surface area contributed by atoms with E-state index in [1.165, 1.54) is 0 Å². The van der Waals surface area contributed by atoms with Crippen LogP contribution in [-0.2, 0) is 22.4 Å². The molecule has 0 radical (unpaired) electrons. The van der Waals surface area contributed by atoms with E-state index in [2.05, 4.69) is 36.5 Å². The minimum atomic E-state index is -0.577. The summed E-state index contributed by atoms with van der Waals surface area (Å²) in [7, 11) is 0. The third-order valence-corrected chi connectivity index (χ3v) is 4.09. The molecule has 118 valence electrons. The highest BCUT2D eigenvalue weighted by molar-refractivity contribution is 9.10. The highest BCUT2D eigenvalue weighted by Gasteiger charge is 2.33.